The van der Waals surface area contributed by atoms with Crippen LogP contribution >= 0.6 is 0 Å². The van der Waals surface area contributed by atoms with E-state index in [9.17, 15) is 0 Å². The van der Waals surface area contributed by atoms with E-state index in [4.69, 9.17) is 0 Å². The molecule has 0 saturated carbocycles. The van der Waals surface area contributed by atoms with Crippen molar-refractivity contribution in [3.05, 3.63) is 120 Å². The second-order valence-electron chi connectivity index (χ2n) is 7.87. The maximum absolute atomic E-state index is 2.36. The molecule has 152 valence electrons. The van der Waals surface area contributed by atoms with Crippen molar-refractivity contribution in [3.8, 4) is 0 Å². The predicted octanol–water partition coefficient (Wildman–Crippen LogP) is 7.88. The third-order valence-electron chi connectivity index (χ3n) is 5.93. The van der Waals surface area contributed by atoms with Crippen molar-refractivity contribution >= 4 is 34.5 Å². The first-order chi connectivity index (χ1) is 15.3. The molecule has 0 saturated heterocycles. The molecule has 0 bridgehead atoms. The average Bonchev–Trinajstić information content (AvgIpc) is 2.86. The second-order valence-corrected chi connectivity index (χ2v) is 7.87. The molecule has 5 rings (SSSR count). The van der Waals surface area contributed by atoms with Crippen LogP contribution in [0.4, 0.5) is 28.4 Å². The molecular formula is C29H26N2. The Balaban J connectivity index is 1.57. The number of hydrogen-bond donors (Lipinski definition) is 0. The average molecular weight is 403 g/mol. The van der Waals surface area contributed by atoms with Crippen LogP contribution in [0, 0.1) is 0 Å². The zero-order chi connectivity index (χ0) is 21.0. The number of fused-ring (bicyclic) bond motifs is 1. The summed E-state index contributed by atoms with van der Waals surface area (Å²) in [5.74, 6) is 0. The Morgan fingerprint density at radius 1 is 0.581 bits per heavy atom. The van der Waals surface area contributed by atoms with Gasteiger partial charge in [0.15, 0.2) is 0 Å². The third-order valence-corrected chi connectivity index (χ3v) is 5.93. The lowest BCUT2D eigenvalue weighted by molar-refractivity contribution is 0.984. The lowest BCUT2D eigenvalue weighted by Gasteiger charge is -2.29. The summed E-state index contributed by atoms with van der Waals surface area (Å²) in [5, 5.41) is 0. The minimum Gasteiger partial charge on any atom is -0.345 e. The Labute approximate surface area is 184 Å². The van der Waals surface area contributed by atoms with E-state index in [2.05, 4.69) is 126 Å². The van der Waals surface area contributed by atoms with Crippen LogP contribution in [-0.4, -0.2) is 7.05 Å². The second kappa shape index (κ2) is 8.53. The van der Waals surface area contributed by atoms with Crippen LogP contribution in [0.2, 0.25) is 0 Å². The minimum atomic E-state index is 1.10. The van der Waals surface area contributed by atoms with E-state index in [1.165, 1.54) is 28.2 Å². The lowest BCUT2D eigenvalue weighted by Crippen LogP contribution is -2.13. The molecule has 2 heteroatoms. The van der Waals surface area contributed by atoms with E-state index in [0.29, 0.717) is 0 Å². The predicted molar refractivity (Wildman–Crippen MR) is 133 cm³/mol. The SMILES string of the molecule is CN(c1ccccc1)c1ccc(N(c2ccccc2)c2cccc3c2C=CCC3)cc1. The summed E-state index contributed by atoms with van der Waals surface area (Å²) in [4.78, 5) is 4.57. The van der Waals surface area contributed by atoms with E-state index in [-0.39, 0.29) is 0 Å². The molecule has 1 aliphatic rings. The standard InChI is InChI=1S/C29H26N2/c1-30(24-13-4-2-5-14-24)25-19-21-27(22-20-25)31(26-15-6-3-7-16-26)29-18-10-12-23-11-8-9-17-28(23)29/h2-7,9-10,12-22H,8,11H2,1H3. The van der Waals surface area contributed by atoms with Gasteiger partial charge in [-0.15, -0.1) is 0 Å². The smallest absolute Gasteiger partial charge is 0.0536 e. The number of rotatable bonds is 5. The first-order valence-electron chi connectivity index (χ1n) is 10.8. The first-order valence-corrected chi connectivity index (χ1v) is 10.8. The highest BCUT2D eigenvalue weighted by Crippen LogP contribution is 2.40. The molecule has 31 heavy (non-hydrogen) atoms. The molecule has 0 aliphatic heterocycles. The van der Waals surface area contributed by atoms with Gasteiger partial charge in [-0.1, -0.05) is 60.7 Å². The first kappa shape index (κ1) is 19.2. The lowest BCUT2D eigenvalue weighted by atomic mass is 9.95. The third kappa shape index (κ3) is 3.85. The molecular weight excluding hydrogens is 376 g/mol. The molecule has 0 spiro atoms. The van der Waals surface area contributed by atoms with Crippen molar-refractivity contribution in [3.63, 3.8) is 0 Å². The maximum Gasteiger partial charge on any atom is 0.0536 e. The van der Waals surface area contributed by atoms with Crippen molar-refractivity contribution in [2.75, 3.05) is 16.8 Å². The normalized spacial score (nSPS) is 12.3. The summed E-state index contributed by atoms with van der Waals surface area (Å²) in [7, 11) is 2.11. The van der Waals surface area contributed by atoms with Gasteiger partial charge in [0.2, 0.25) is 0 Å². The number of para-hydroxylation sites is 2. The number of nitrogens with zero attached hydrogens (tertiary/aromatic N) is 2. The summed E-state index contributed by atoms with van der Waals surface area (Å²) in [6, 6.07) is 36.6. The van der Waals surface area contributed by atoms with Crippen molar-refractivity contribution in [1.29, 1.82) is 0 Å². The van der Waals surface area contributed by atoms with Crippen molar-refractivity contribution in [2.24, 2.45) is 0 Å². The highest BCUT2D eigenvalue weighted by Gasteiger charge is 2.18. The Morgan fingerprint density at radius 2 is 1.16 bits per heavy atom. The molecule has 0 amide bonds. The quantitative estimate of drug-likeness (QED) is 0.335. The zero-order valence-corrected chi connectivity index (χ0v) is 17.8. The van der Waals surface area contributed by atoms with Crippen LogP contribution in [0.3, 0.4) is 0 Å². The number of aryl methyl sites for hydroxylation is 1. The van der Waals surface area contributed by atoms with Gasteiger partial charge in [0.1, 0.15) is 0 Å². The largest absolute Gasteiger partial charge is 0.345 e. The molecule has 0 atom stereocenters. The van der Waals surface area contributed by atoms with Gasteiger partial charge in [0.25, 0.3) is 0 Å². The maximum atomic E-state index is 2.36. The minimum absolute atomic E-state index is 1.10. The van der Waals surface area contributed by atoms with E-state index in [0.717, 1.165) is 24.2 Å². The molecule has 0 heterocycles. The summed E-state index contributed by atoms with van der Waals surface area (Å²) in [6.45, 7) is 0. The van der Waals surface area contributed by atoms with Crippen molar-refractivity contribution in [1.82, 2.24) is 0 Å². The summed E-state index contributed by atoms with van der Waals surface area (Å²) in [5.41, 5.74) is 8.63. The number of hydrogen-bond acceptors (Lipinski definition) is 2. The molecule has 0 radical (unpaired) electrons. The van der Waals surface area contributed by atoms with Gasteiger partial charge < -0.3 is 9.80 Å². The molecule has 0 unspecified atom stereocenters. The number of benzene rings is 4. The van der Waals surface area contributed by atoms with Gasteiger partial charge in [-0.25, -0.2) is 0 Å². The Hall–Kier alpha value is -3.78. The van der Waals surface area contributed by atoms with Crippen molar-refractivity contribution in [2.45, 2.75) is 12.8 Å². The van der Waals surface area contributed by atoms with Crippen LogP contribution in [-0.2, 0) is 6.42 Å². The van der Waals surface area contributed by atoms with Gasteiger partial charge in [0, 0.05) is 35.4 Å². The van der Waals surface area contributed by atoms with Crippen molar-refractivity contribution < 1.29 is 0 Å². The molecule has 0 aromatic heterocycles. The molecule has 4 aromatic carbocycles. The molecule has 0 fully saturated rings. The Kier molecular flexibility index (Phi) is 5.28. The summed E-state index contributed by atoms with van der Waals surface area (Å²) in [6.07, 6.45) is 6.78. The van der Waals surface area contributed by atoms with E-state index >= 15 is 0 Å². The van der Waals surface area contributed by atoms with Gasteiger partial charge in [-0.3, -0.25) is 0 Å². The summed E-state index contributed by atoms with van der Waals surface area (Å²) >= 11 is 0. The highest BCUT2D eigenvalue weighted by atomic mass is 15.1. The monoisotopic (exact) mass is 402 g/mol. The fourth-order valence-corrected chi connectivity index (χ4v) is 4.28. The van der Waals surface area contributed by atoms with Crippen LogP contribution in [0.25, 0.3) is 6.08 Å². The summed E-state index contributed by atoms with van der Waals surface area (Å²) < 4.78 is 0. The van der Waals surface area contributed by atoms with Crippen LogP contribution in [0.5, 0.6) is 0 Å². The van der Waals surface area contributed by atoms with E-state index in [1.807, 2.05) is 6.07 Å². The van der Waals surface area contributed by atoms with Crippen LogP contribution in [0.1, 0.15) is 17.5 Å². The number of allylic oxidation sites excluding steroid dienone is 1. The van der Waals surface area contributed by atoms with Gasteiger partial charge in [-0.05, 0) is 73.0 Å². The van der Waals surface area contributed by atoms with Gasteiger partial charge >= 0.3 is 0 Å². The fraction of sp³-hybridized carbons (Fsp3) is 0.103. The Bertz CT molecular complexity index is 1180. The molecule has 1 aliphatic carbocycles. The van der Waals surface area contributed by atoms with Gasteiger partial charge in [-0.2, -0.15) is 0 Å². The molecule has 2 nitrogen and oxygen atoms in total. The topological polar surface area (TPSA) is 6.48 Å². The number of anilines is 5. The van der Waals surface area contributed by atoms with E-state index < -0.39 is 0 Å². The van der Waals surface area contributed by atoms with Crippen LogP contribution in [0.15, 0.2) is 109 Å². The molecule has 4 aromatic rings. The fourth-order valence-electron chi connectivity index (χ4n) is 4.28. The highest BCUT2D eigenvalue weighted by molar-refractivity contribution is 5.84. The molecule has 0 N–H and O–H groups in total. The van der Waals surface area contributed by atoms with E-state index in [1.54, 1.807) is 0 Å². The van der Waals surface area contributed by atoms with Gasteiger partial charge in [0.05, 0.1) is 5.69 Å². The zero-order valence-electron chi connectivity index (χ0n) is 17.8. The van der Waals surface area contributed by atoms with Crippen LogP contribution < -0.4 is 9.80 Å². The Morgan fingerprint density at radius 3 is 1.87 bits per heavy atom.